The van der Waals surface area contributed by atoms with Gasteiger partial charge in [-0.2, -0.15) is 0 Å². The second-order valence-corrected chi connectivity index (χ2v) is 17.3. The largest absolute Gasteiger partial charge is 0.255 e. The van der Waals surface area contributed by atoms with Gasteiger partial charge >= 0.3 is 0 Å². The Morgan fingerprint density at radius 2 is 0.745 bits per heavy atom. The summed E-state index contributed by atoms with van der Waals surface area (Å²) in [5, 5.41) is 0.700. The molecule has 3 aromatic carbocycles. The van der Waals surface area contributed by atoms with Crippen LogP contribution in [0.2, 0.25) is 5.02 Å². The highest BCUT2D eigenvalue weighted by Crippen LogP contribution is 2.36. The number of pyridine rings is 1. The predicted octanol–water partition coefficient (Wildman–Crippen LogP) is 11.8. The van der Waals surface area contributed by atoms with E-state index in [-0.39, 0.29) is 21.7 Å². The van der Waals surface area contributed by atoms with Crippen LogP contribution >= 0.6 is 11.6 Å². The van der Waals surface area contributed by atoms with Crippen molar-refractivity contribution in [3.8, 4) is 45.4 Å². The molecule has 0 saturated heterocycles. The lowest BCUT2D eigenvalue weighted by Gasteiger charge is -2.26. The van der Waals surface area contributed by atoms with Crippen LogP contribution in [0, 0.1) is 0 Å². The first-order valence-electron chi connectivity index (χ1n) is 16.5. The van der Waals surface area contributed by atoms with Gasteiger partial charge in [0.05, 0.1) is 5.69 Å². The Kier molecular flexibility index (Phi) is 9.00. The van der Waals surface area contributed by atoms with Gasteiger partial charge in [-0.05, 0) is 92.4 Å². The van der Waals surface area contributed by atoms with E-state index in [1.54, 1.807) is 0 Å². The van der Waals surface area contributed by atoms with Crippen molar-refractivity contribution in [1.29, 1.82) is 0 Å². The summed E-state index contributed by atoms with van der Waals surface area (Å²) in [7, 11) is 0. The van der Waals surface area contributed by atoms with Crippen LogP contribution in [0.3, 0.4) is 0 Å². The molecule has 5 rings (SSSR count). The quantitative estimate of drug-likeness (QED) is 0.195. The van der Waals surface area contributed by atoms with Crippen LogP contribution in [0.15, 0.2) is 79.0 Å². The summed E-state index contributed by atoms with van der Waals surface area (Å²) in [4.78, 5) is 20.3. The van der Waals surface area contributed by atoms with Crippen LogP contribution in [0.4, 0.5) is 0 Å². The lowest BCUT2D eigenvalue weighted by Crippen LogP contribution is -2.17. The van der Waals surface area contributed by atoms with Crippen molar-refractivity contribution < 1.29 is 0 Å². The second-order valence-electron chi connectivity index (χ2n) is 16.8. The van der Waals surface area contributed by atoms with Gasteiger partial charge in [-0.25, -0.2) is 15.0 Å². The molecule has 0 aliphatic rings. The molecule has 0 bridgehead atoms. The SMILES string of the molecule is CC(C)(C)c1cc(-c2nc(-c3ccc(-c4ccc(Cl)cc4)nc3)nc(-c3cc(C(C)(C)C)cc(C(C)(C)C)c3)n2)cc(C(C)(C)C)c1. The third kappa shape index (κ3) is 7.99. The molecule has 244 valence electrons. The average molecular weight is 645 g/mol. The first-order valence-corrected chi connectivity index (χ1v) is 16.9. The molecule has 0 unspecified atom stereocenters. The Hall–Kier alpha value is -3.89. The first-order chi connectivity index (χ1) is 21.7. The Morgan fingerprint density at radius 1 is 0.404 bits per heavy atom. The lowest BCUT2D eigenvalue weighted by atomic mass is 9.79. The van der Waals surface area contributed by atoms with E-state index in [0.29, 0.717) is 22.5 Å². The molecular formula is C42H49ClN4. The standard InChI is InChI=1S/C42H49ClN4/c1-39(2,3)30-19-28(20-31(23-30)40(4,5)6)37-45-36(27-15-18-35(44-25-27)26-13-16-34(43)17-14-26)46-38(47-37)29-21-32(41(7,8)9)24-33(22-29)42(10,11)12/h13-25H,1-12H3. The third-order valence-corrected chi connectivity index (χ3v) is 8.90. The summed E-state index contributed by atoms with van der Waals surface area (Å²) in [6.45, 7) is 27.0. The van der Waals surface area contributed by atoms with Gasteiger partial charge in [0.15, 0.2) is 17.5 Å². The minimum Gasteiger partial charge on any atom is -0.255 e. The Bertz CT molecular complexity index is 1740. The minimum atomic E-state index is -0.0429. The molecule has 0 saturated carbocycles. The van der Waals surface area contributed by atoms with E-state index in [0.717, 1.165) is 27.9 Å². The molecule has 0 N–H and O–H groups in total. The number of rotatable bonds is 4. The van der Waals surface area contributed by atoms with Crippen molar-refractivity contribution in [2.45, 2.75) is 105 Å². The van der Waals surface area contributed by atoms with Crippen LogP contribution in [-0.4, -0.2) is 19.9 Å². The zero-order valence-corrected chi connectivity index (χ0v) is 30.9. The molecule has 5 aromatic rings. The van der Waals surface area contributed by atoms with Crippen molar-refractivity contribution in [2.24, 2.45) is 0 Å². The van der Waals surface area contributed by atoms with Gasteiger partial charge in [0.2, 0.25) is 0 Å². The van der Waals surface area contributed by atoms with Crippen LogP contribution in [-0.2, 0) is 21.7 Å². The van der Waals surface area contributed by atoms with Crippen LogP contribution in [0.5, 0.6) is 0 Å². The molecule has 0 atom stereocenters. The number of hydrogen-bond acceptors (Lipinski definition) is 4. The maximum Gasteiger partial charge on any atom is 0.165 e. The number of nitrogens with zero attached hydrogens (tertiary/aromatic N) is 4. The van der Waals surface area contributed by atoms with Crippen molar-refractivity contribution in [1.82, 2.24) is 19.9 Å². The Balaban J connectivity index is 1.76. The monoisotopic (exact) mass is 644 g/mol. The molecule has 0 aliphatic heterocycles. The van der Waals surface area contributed by atoms with Gasteiger partial charge in [0.25, 0.3) is 0 Å². The summed E-state index contributed by atoms with van der Waals surface area (Å²) < 4.78 is 0. The van der Waals surface area contributed by atoms with Crippen molar-refractivity contribution in [2.75, 3.05) is 0 Å². The fraction of sp³-hybridized carbons (Fsp3) is 0.381. The molecule has 0 aliphatic carbocycles. The van der Waals surface area contributed by atoms with Gasteiger partial charge in [-0.3, -0.25) is 4.98 Å². The molecular weight excluding hydrogens is 596 g/mol. The third-order valence-electron chi connectivity index (χ3n) is 8.64. The number of halogens is 1. The summed E-state index contributed by atoms with van der Waals surface area (Å²) in [6, 6.07) is 25.4. The number of benzene rings is 3. The average Bonchev–Trinajstić information content (AvgIpc) is 2.99. The smallest absolute Gasteiger partial charge is 0.165 e. The van der Waals surface area contributed by atoms with Gasteiger partial charge in [0.1, 0.15) is 0 Å². The van der Waals surface area contributed by atoms with Gasteiger partial charge in [-0.1, -0.05) is 119 Å². The normalized spacial score (nSPS) is 12.8. The van der Waals surface area contributed by atoms with Crippen LogP contribution in [0.1, 0.15) is 105 Å². The highest BCUT2D eigenvalue weighted by atomic mass is 35.5. The van der Waals surface area contributed by atoms with Crippen molar-refractivity contribution in [3.05, 3.63) is 106 Å². The van der Waals surface area contributed by atoms with E-state index in [9.17, 15) is 0 Å². The fourth-order valence-corrected chi connectivity index (χ4v) is 5.45. The van der Waals surface area contributed by atoms with E-state index < -0.39 is 0 Å². The second kappa shape index (κ2) is 12.3. The van der Waals surface area contributed by atoms with Crippen LogP contribution in [0.25, 0.3) is 45.4 Å². The Morgan fingerprint density at radius 3 is 1.06 bits per heavy atom. The van der Waals surface area contributed by atoms with E-state index >= 15 is 0 Å². The molecule has 5 heteroatoms. The molecule has 4 nitrogen and oxygen atoms in total. The first kappa shape index (κ1) is 34.4. The minimum absolute atomic E-state index is 0.0429. The molecule has 0 amide bonds. The van der Waals surface area contributed by atoms with E-state index in [2.05, 4.69) is 119 Å². The maximum atomic E-state index is 6.13. The van der Waals surface area contributed by atoms with Gasteiger partial charge in [0, 0.05) is 33.5 Å². The van der Waals surface area contributed by atoms with Gasteiger partial charge < -0.3 is 0 Å². The van der Waals surface area contributed by atoms with E-state index in [1.165, 1.54) is 22.3 Å². The summed E-state index contributed by atoms with van der Waals surface area (Å²) in [5.74, 6) is 1.90. The van der Waals surface area contributed by atoms with Crippen molar-refractivity contribution in [3.63, 3.8) is 0 Å². The van der Waals surface area contributed by atoms with Crippen molar-refractivity contribution >= 4 is 11.6 Å². The fourth-order valence-electron chi connectivity index (χ4n) is 5.33. The summed E-state index contributed by atoms with van der Waals surface area (Å²) >= 11 is 6.13. The number of aromatic nitrogens is 4. The number of hydrogen-bond donors (Lipinski definition) is 0. The molecule has 0 fully saturated rings. The maximum absolute atomic E-state index is 6.13. The molecule has 0 radical (unpaired) electrons. The zero-order chi connectivity index (χ0) is 34.5. The molecule has 2 aromatic heterocycles. The highest BCUT2D eigenvalue weighted by molar-refractivity contribution is 6.30. The van der Waals surface area contributed by atoms with E-state index in [1.807, 2.05) is 42.6 Å². The summed E-state index contributed by atoms with van der Waals surface area (Å²) in [6.07, 6.45) is 1.85. The van der Waals surface area contributed by atoms with E-state index in [4.69, 9.17) is 31.5 Å². The molecule has 47 heavy (non-hydrogen) atoms. The molecule has 0 spiro atoms. The summed E-state index contributed by atoms with van der Waals surface area (Å²) in [5.41, 5.74) is 9.50. The lowest BCUT2D eigenvalue weighted by molar-refractivity contribution is 0.568. The predicted molar refractivity (Wildman–Crippen MR) is 199 cm³/mol. The molecule has 2 heterocycles. The zero-order valence-electron chi connectivity index (χ0n) is 30.2. The van der Waals surface area contributed by atoms with Crippen LogP contribution < -0.4 is 0 Å². The topological polar surface area (TPSA) is 51.6 Å². The Labute approximate surface area is 287 Å². The van der Waals surface area contributed by atoms with Gasteiger partial charge in [-0.15, -0.1) is 0 Å². The highest BCUT2D eigenvalue weighted by Gasteiger charge is 2.25.